The van der Waals surface area contributed by atoms with Gasteiger partial charge >= 0.3 is 0 Å². The highest BCUT2D eigenvalue weighted by Crippen LogP contribution is 2.30. The standard InChI is InChI=1S/C13H13BrClN3OS2/c1-3-7(2)20-13-18-17-12(21-13)16-11(19)9-6-8(14)4-5-10(9)15/h4-7H,3H2,1-2H3,(H,16,17,19). The molecule has 1 aromatic carbocycles. The third kappa shape index (κ3) is 4.67. The summed E-state index contributed by atoms with van der Waals surface area (Å²) >= 11 is 12.4. The summed E-state index contributed by atoms with van der Waals surface area (Å²) in [5.41, 5.74) is 0.400. The molecule has 0 saturated heterocycles. The minimum absolute atomic E-state index is 0.294. The lowest BCUT2D eigenvalue weighted by atomic mass is 10.2. The molecule has 0 saturated carbocycles. The van der Waals surface area contributed by atoms with Gasteiger partial charge in [0, 0.05) is 9.72 Å². The van der Waals surface area contributed by atoms with E-state index in [9.17, 15) is 4.79 Å². The van der Waals surface area contributed by atoms with E-state index in [1.54, 1.807) is 30.0 Å². The lowest BCUT2D eigenvalue weighted by Crippen LogP contribution is -2.12. The molecule has 0 bridgehead atoms. The maximum absolute atomic E-state index is 12.2. The first kappa shape index (κ1) is 16.7. The maximum atomic E-state index is 12.2. The molecule has 0 spiro atoms. The monoisotopic (exact) mass is 405 g/mol. The number of anilines is 1. The van der Waals surface area contributed by atoms with Crippen molar-refractivity contribution in [2.24, 2.45) is 0 Å². The molecule has 1 atom stereocenters. The molecule has 21 heavy (non-hydrogen) atoms. The van der Waals surface area contributed by atoms with Crippen molar-refractivity contribution in [3.8, 4) is 0 Å². The zero-order chi connectivity index (χ0) is 15.4. The van der Waals surface area contributed by atoms with Crippen LogP contribution in [0.25, 0.3) is 0 Å². The van der Waals surface area contributed by atoms with Gasteiger partial charge in [0.1, 0.15) is 0 Å². The quantitative estimate of drug-likeness (QED) is 0.554. The molecule has 0 radical (unpaired) electrons. The summed E-state index contributed by atoms with van der Waals surface area (Å²) in [7, 11) is 0. The number of nitrogens with zero attached hydrogens (tertiary/aromatic N) is 2. The molecular formula is C13H13BrClN3OS2. The third-order valence-corrected chi connectivity index (χ3v) is 5.69. The van der Waals surface area contributed by atoms with Gasteiger partial charge in [0.2, 0.25) is 5.13 Å². The molecule has 0 fully saturated rings. The predicted molar refractivity (Wildman–Crippen MR) is 92.6 cm³/mol. The van der Waals surface area contributed by atoms with Crippen LogP contribution in [-0.2, 0) is 0 Å². The molecule has 1 unspecified atom stereocenters. The lowest BCUT2D eigenvalue weighted by molar-refractivity contribution is 0.102. The van der Waals surface area contributed by atoms with Crippen LogP contribution in [0.2, 0.25) is 5.02 Å². The summed E-state index contributed by atoms with van der Waals surface area (Å²) < 4.78 is 1.64. The average Bonchev–Trinajstić information content (AvgIpc) is 2.88. The molecule has 8 heteroatoms. The minimum atomic E-state index is -0.294. The second-order valence-corrected chi connectivity index (χ2v) is 8.27. The van der Waals surface area contributed by atoms with Crippen LogP contribution in [0.15, 0.2) is 27.0 Å². The van der Waals surface area contributed by atoms with Gasteiger partial charge in [-0.3, -0.25) is 10.1 Å². The topological polar surface area (TPSA) is 54.9 Å². The number of halogens is 2. The molecule has 0 aliphatic carbocycles. The van der Waals surface area contributed by atoms with E-state index in [4.69, 9.17) is 11.6 Å². The second kappa shape index (κ2) is 7.58. The van der Waals surface area contributed by atoms with Gasteiger partial charge in [0.15, 0.2) is 4.34 Å². The van der Waals surface area contributed by atoms with E-state index >= 15 is 0 Å². The molecule has 1 heterocycles. The lowest BCUT2D eigenvalue weighted by Gasteiger charge is -2.04. The number of rotatable bonds is 5. The van der Waals surface area contributed by atoms with Gasteiger partial charge in [0.25, 0.3) is 5.91 Å². The summed E-state index contributed by atoms with van der Waals surface area (Å²) in [6, 6.07) is 5.13. The molecule has 0 aliphatic rings. The van der Waals surface area contributed by atoms with E-state index in [1.165, 1.54) is 11.3 Å². The van der Waals surface area contributed by atoms with Crippen LogP contribution in [0.5, 0.6) is 0 Å². The summed E-state index contributed by atoms with van der Waals surface area (Å²) in [5.74, 6) is -0.294. The van der Waals surface area contributed by atoms with E-state index in [-0.39, 0.29) is 5.91 Å². The smallest absolute Gasteiger partial charge is 0.259 e. The number of hydrogen-bond acceptors (Lipinski definition) is 5. The Morgan fingerprint density at radius 1 is 1.52 bits per heavy atom. The Labute approximate surface area is 144 Å². The molecule has 2 rings (SSSR count). The highest BCUT2D eigenvalue weighted by molar-refractivity contribution is 9.10. The van der Waals surface area contributed by atoms with Crippen molar-refractivity contribution in [3.05, 3.63) is 33.3 Å². The first-order valence-corrected chi connectivity index (χ1v) is 9.13. The number of thioether (sulfide) groups is 1. The molecule has 4 nitrogen and oxygen atoms in total. The van der Waals surface area contributed by atoms with Gasteiger partial charge in [-0.05, 0) is 24.6 Å². The molecule has 2 aromatic rings. The number of benzene rings is 1. The van der Waals surface area contributed by atoms with Crippen molar-refractivity contribution in [2.45, 2.75) is 29.9 Å². The Hall–Kier alpha value is -0.630. The van der Waals surface area contributed by atoms with Crippen LogP contribution in [0.1, 0.15) is 30.6 Å². The first-order valence-electron chi connectivity index (χ1n) is 6.26. The molecule has 112 valence electrons. The number of hydrogen-bond donors (Lipinski definition) is 1. The van der Waals surface area contributed by atoms with Crippen molar-refractivity contribution in [1.29, 1.82) is 0 Å². The Morgan fingerprint density at radius 3 is 3.00 bits per heavy atom. The largest absolute Gasteiger partial charge is 0.296 e. The molecule has 1 aromatic heterocycles. The van der Waals surface area contributed by atoms with Crippen molar-refractivity contribution in [1.82, 2.24) is 10.2 Å². The van der Waals surface area contributed by atoms with Gasteiger partial charge in [0.05, 0.1) is 10.6 Å². The van der Waals surface area contributed by atoms with Gasteiger partial charge < -0.3 is 0 Å². The fourth-order valence-corrected chi connectivity index (χ4v) is 3.96. The van der Waals surface area contributed by atoms with E-state index in [1.807, 2.05) is 0 Å². The van der Waals surface area contributed by atoms with Gasteiger partial charge in [-0.1, -0.05) is 64.5 Å². The van der Waals surface area contributed by atoms with Crippen LogP contribution in [-0.4, -0.2) is 21.4 Å². The van der Waals surface area contributed by atoms with Crippen LogP contribution >= 0.6 is 50.6 Å². The fourth-order valence-electron chi connectivity index (χ4n) is 1.40. The highest BCUT2D eigenvalue weighted by atomic mass is 79.9. The number of carbonyl (C=O) groups is 1. The number of amides is 1. The Balaban J connectivity index is 2.08. The van der Waals surface area contributed by atoms with Crippen molar-refractivity contribution in [3.63, 3.8) is 0 Å². The number of carbonyl (C=O) groups excluding carboxylic acids is 1. The molecule has 1 amide bonds. The molecule has 0 aliphatic heterocycles. The fraction of sp³-hybridized carbons (Fsp3) is 0.308. The summed E-state index contributed by atoms with van der Waals surface area (Å²) in [6.07, 6.45) is 1.06. The highest BCUT2D eigenvalue weighted by Gasteiger charge is 2.14. The zero-order valence-corrected chi connectivity index (χ0v) is 15.4. The first-order chi connectivity index (χ1) is 9.99. The summed E-state index contributed by atoms with van der Waals surface area (Å²) in [6.45, 7) is 4.25. The van der Waals surface area contributed by atoms with Gasteiger partial charge in [-0.2, -0.15) is 0 Å². The summed E-state index contributed by atoms with van der Waals surface area (Å²) in [4.78, 5) is 12.2. The van der Waals surface area contributed by atoms with Gasteiger partial charge in [-0.15, -0.1) is 10.2 Å². The maximum Gasteiger partial charge on any atom is 0.259 e. The SMILES string of the molecule is CCC(C)Sc1nnc(NC(=O)c2cc(Br)ccc2Cl)s1. The normalized spacial score (nSPS) is 12.2. The van der Waals surface area contributed by atoms with Crippen LogP contribution < -0.4 is 5.32 Å². The van der Waals surface area contributed by atoms with Crippen molar-refractivity contribution in [2.75, 3.05) is 5.32 Å². The van der Waals surface area contributed by atoms with Crippen LogP contribution in [0.4, 0.5) is 5.13 Å². The average molecular weight is 407 g/mol. The molecular weight excluding hydrogens is 394 g/mol. The zero-order valence-electron chi connectivity index (χ0n) is 11.4. The minimum Gasteiger partial charge on any atom is -0.296 e. The van der Waals surface area contributed by atoms with Crippen LogP contribution in [0, 0.1) is 0 Å². The van der Waals surface area contributed by atoms with Gasteiger partial charge in [-0.25, -0.2) is 0 Å². The van der Waals surface area contributed by atoms with E-state index in [2.05, 4.69) is 45.3 Å². The van der Waals surface area contributed by atoms with Crippen molar-refractivity contribution < 1.29 is 4.79 Å². The van der Waals surface area contributed by atoms with E-state index in [0.29, 0.717) is 21.0 Å². The van der Waals surface area contributed by atoms with E-state index in [0.717, 1.165) is 15.2 Å². The Kier molecular flexibility index (Phi) is 6.04. The third-order valence-electron chi connectivity index (χ3n) is 2.68. The Bertz CT molecular complexity index is 650. The molecule has 1 N–H and O–H groups in total. The number of aromatic nitrogens is 2. The number of nitrogens with one attached hydrogen (secondary N) is 1. The van der Waals surface area contributed by atoms with E-state index < -0.39 is 0 Å². The second-order valence-electron chi connectivity index (χ2n) is 4.29. The van der Waals surface area contributed by atoms with Crippen molar-refractivity contribution >= 4 is 61.7 Å². The summed E-state index contributed by atoms with van der Waals surface area (Å²) in [5, 5.41) is 12.1. The Morgan fingerprint density at radius 2 is 2.29 bits per heavy atom. The predicted octanol–water partition coefficient (Wildman–Crippen LogP) is 5.10. The van der Waals surface area contributed by atoms with Crippen LogP contribution in [0.3, 0.4) is 0 Å².